The van der Waals surface area contributed by atoms with Gasteiger partial charge in [-0.25, -0.2) is 8.42 Å². The lowest BCUT2D eigenvalue weighted by Crippen LogP contribution is -2.43. The summed E-state index contributed by atoms with van der Waals surface area (Å²) in [6.45, 7) is 2.62. The molecule has 7 heteroatoms. The van der Waals surface area contributed by atoms with E-state index in [-0.39, 0.29) is 11.4 Å². The lowest BCUT2D eigenvalue weighted by molar-refractivity contribution is -0.0771. The van der Waals surface area contributed by atoms with E-state index in [1.165, 1.54) is 16.7 Å². The molecule has 0 amide bonds. The maximum absolute atomic E-state index is 12.8. The fraction of sp³-hybridized carbons (Fsp3) is 0.476. The van der Waals surface area contributed by atoms with Crippen molar-refractivity contribution in [3.05, 3.63) is 51.2 Å². The first-order chi connectivity index (χ1) is 13.4. The van der Waals surface area contributed by atoms with Gasteiger partial charge in [-0.05, 0) is 68.1 Å². The van der Waals surface area contributed by atoms with Crippen molar-refractivity contribution in [1.82, 2.24) is 5.32 Å². The van der Waals surface area contributed by atoms with Gasteiger partial charge in [-0.15, -0.1) is 11.3 Å². The topological polar surface area (TPSA) is 72.5 Å². The highest BCUT2D eigenvalue weighted by atomic mass is 32.2. The van der Waals surface area contributed by atoms with Crippen LogP contribution in [-0.4, -0.2) is 40.2 Å². The molecule has 1 N–H and O–H groups in total. The third-order valence-electron chi connectivity index (χ3n) is 5.65. The average molecular weight is 420 g/mol. The van der Waals surface area contributed by atoms with E-state index in [1.54, 1.807) is 35.6 Å². The van der Waals surface area contributed by atoms with E-state index in [2.05, 4.69) is 11.4 Å². The molecule has 0 radical (unpaired) electrons. The Bertz CT molecular complexity index is 970. The van der Waals surface area contributed by atoms with Gasteiger partial charge in [0.05, 0.1) is 16.4 Å². The van der Waals surface area contributed by atoms with E-state index < -0.39 is 9.84 Å². The minimum Gasteiger partial charge on any atom is -0.369 e. The van der Waals surface area contributed by atoms with Crippen LogP contribution in [0, 0.1) is 0 Å². The van der Waals surface area contributed by atoms with Crippen LogP contribution in [0.2, 0.25) is 0 Å². The van der Waals surface area contributed by atoms with Crippen LogP contribution >= 0.6 is 11.3 Å². The van der Waals surface area contributed by atoms with Crippen molar-refractivity contribution in [2.75, 3.05) is 26.0 Å². The predicted octanol–water partition coefficient (Wildman–Crippen LogP) is 3.12. The number of ketones is 1. The minimum absolute atomic E-state index is 0.149. The third kappa shape index (κ3) is 3.94. The van der Waals surface area contributed by atoms with E-state index in [1.807, 2.05) is 0 Å². The summed E-state index contributed by atoms with van der Waals surface area (Å²) < 4.78 is 29.3. The number of benzene rings is 1. The summed E-state index contributed by atoms with van der Waals surface area (Å²) in [6, 6.07) is 8.87. The molecule has 1 aromatic carbocycles. The average Bonchev–Trinajstić information content (AvgIpc) is 3.13. The van der Waals surface area contributed by atoms with E-state index in [4.69, 9.17) is 4.74 Å². The summed E-state index contributed by atoms with van der Waals surface area (Å²) in [5, 5.41) is 3.39. The highest BCUT2D eigenvalue weighted by Gasteiger charge is 2.41. The molecule has 1 saturated heterocycles. The fourth-order valence-corrected chi connectivity index (χ4v) is 6.05. The first-order valence-corrected chi connectivity index (χ1v) is 12.4. The number of sulfone groups is 1. The lowest BCUT2D eigenvalue weighted by Gasteiger charge is -2.40. The zero-order chi connectivity index (χ0) is 19.8. The minimum atomic E-state index is -3.19. The predicted molar refractivity (Wildman–Crippen MR) is 110 cm³/mol. The van der Waals surface area contributed by atoms with Gasteiger partial charge in [-0.3, -0.25) is 4.79 Å². The molecule has 3 heterocycles. The number of fused-ring (bicyclic) bond motifs is 2. The molecule has 2 aromatic rings. The van der Waals surface area contributed by atoms with Crippen molar-refractivity contribution in [3.63, 3.8) is 0 Å². The Labute approximate surface area is 170 Å². The third-order valence-corrected chi connectivity index (χ3v) is 8.18. The van der Waals surface area contributed by atoms with Crippen molar-refractivity contribution < 1.29 is 17.9 Å². The molecule has 0 bridgehead atoms. The molecule has 2 aliphatic rings. The first kappa shape index (κ1) is 19.8. The Morgan fingerprint density at radius 3 is 2.61 bits per heavy atom. The van der Waals surface area contributed by atoms with Crippen LogP contribution in [0.1, 0.15) is 44.9 Å². The Morgan fingerprint density at radius 2 is 1.93 bits per heavy atom. The molecule has 150 valence electrons. The molecule has 1 aromatic heterocycles. The molecule has 5 nitrogen and oxygen atoms in total. The largest absolute Gasteiger partial charge is 0.369 e. The van der Waals surface area contributed by atoms with Crippen molar-refractivity contribution in [2.45, 2.75) is 42.6 Å². The van der Waals surface area contributed by atoms with Gasteiger partial charge in [0.2, 0.25) is 0 Å². The monoisotopic (exact) mass is 419 g/mol. The summed E-state index contributed by atoms with van der Waals surface area (Å²) in [5.41, 5.74) is 2.04. The summed E-state index contributed by atoms with van der Waals surface area (Å²) in [4.78, 5) is 15.2. The Morgan fingerprint density at radius 1 is 1.21 bits per heavy atom. The van der Waals surface area contributed by atoms with E-state index >= 15 is 0 Å². The molecule has 0 aliphatic carbocycles. The molecule has 1 fully saturated rings. The van der Waals surface area contributed by atoms with Gasteiger partial charge in [-0.2, -0.15) is 0 Å². The summed E-state index contributed by atoms with van der Waals surface area (Å²) in [7, 11) is -3.19. The zero-order valence-electron chi connectivity index (χ0n) is 16.0. The molecule has 2 aliphatic heterocycles. The fourth-order valence-electron chi connectivity index (χ4n) is 4.05. The second-order valence-electron chi connectivity index (χ2n) is 7.65. The molecular formula is C21H25NO4S2. The van der Waals surface area contributed by atoms with E-state index in [9.17, 15) is 13.2 Å². The van der Waals surface area contributed by atoms with Crippen molar-refractivity contribution in [2.24, 2.45) is 0 Å². The normalized spacial score (nSPS) is 18.8. The van der Waals surface area contributed by atoms with Gasteiger partial charge in [0, 0.05) is 17.6 Å². The highest BCUT2D eigenvalue weighted by molar-refractivity contribution is 7.90. The van der Waals surface area contributed by atoms with Crippen molar-refractivity contribution in [3.8, 4) is 0 Å². The summed E-state index contributed by atoms with van der Waals surface area (Å²) in [5.74, 6) is 0.149. The van der Waals surface area contributed by atoms with Crippen LogP contribution in [0.5, 0.6) is 0 Å². The number of piperidine rings is 1. The summed E-state index contributed by atoms with van der Waals surface area (Å²) >= 11 is 1.61. The van der Waals surface area contributed by atoms with Gasteiger partial charge in [-0.1, -0.05) is 12.1 Å². The summed E-state index contributed by atoms with van der Waals surface area (Å²) in [6.07, 6.45) is 5.02. The molecule has 1 spiro atoms. The van der Waals surface area contributed by atoms with Gasteiger partial charge in [0.15, 0.2) is 15.6 Å². The number of ether oxygens (including phenoxy) is 1. The molecule has 28 heavy (non-hydrogen) atoms. The lowest BCUT2D eigenvalue weighted by atomic mass is 9.86. The molecular weight excluding hydrogens is 394 g/mol. The quantitative estimate of drug-likeness (QED) is 0.754. The number of carbonyl (C=O) groups excluding carboxylic acids is 1. The number of rotatable bonds is 5. The Balaban J connectivity index is 1.46. The SMILES string of the molecule is CS(=O)(=O)c1ccc(CCC(=O)c2cc3c(s2)C2(CCNCC2)OCC3)cc1. The second kappa shape index (κ2) is 7.71. The van der Waals surface area contributed by atoms with Gasteiger partial charge in [0.1, 0.15) is 5.60 Å². The molecule has 4 rings (SSSR count). The molecule has 0 saturated carbocycles. The zero-order valence-corrected chi connectivity index (χ0v) is 17.6. The molecule has 0 unspecified atom stereocenters. The maximum atomic E-state index is 12.8. The van der Waals surface area contributed by atoms with Crippen LogP contribution in [-0.2, 0) is 33.0 Å². The van der Waals surface area contributed by atoms with Crippen molar-refractivity contribution >= 4 is 27.0 Å². The standard InChI is InChI=1S/C21H25NO4S2/c1-28(24,25)17-5-2-15(3-6-17)4-7-18(23)19-14-16-8-13-26-21(20(16)27-19)9-11-22-12-10-21/h2-3,5-6,14,22H,4,7-13H2,1H3. The Hall–Kier alpha value is -1.54. The number of hydrogen-bond donors (Lipinski definition) is 1. The Kier molecular flexibility index (Phi) is 5.44. The number of hydrogen-bond acceptors (Lipinski definition) is 6. The van der Waals surface area contributed by atoms with Gasteiger partial charge >= 0.3 is 0 Å². The first-order valence-electron chi connectivity index (χ1n) is 9.67. The van der Waals surface area contributed by atoms with E-state index in [0.29, 0.717) is 17.7 Å². The number of nitrogens with one attached hydrogen (secondary N) is 1. The number of Topliss-reactive ketones (excluding diaryl/α,β-unsaturated/α-hetero) is 1. The van der Waals surface area contributed by atoms with Crippen LogP contribution in [0.25, 0.3) is 0 Å². The van der Waals surface area contributed by atoms with Crippen LogP contribution in [0.15, 0.2) is 35.2 Å². The number of aryl methyl sites for hydroxylation is 1. The highest BCUT2D eigenvalue weighted by Crippen LogP contribution is 2.44. The van der Waals surface area contributed by atoms with Crippen LogP contribution < -0.4 is 5.32 Å². The number of thiophene rings is 1. The van der Waals surface area contributed by atoms with Gasteiger partial charge < -0.3 is 10.1 Å². The molecule has 0 atom stereocenters. The number of carbonyl (C=O) groups is 1. The van der Waals surface area contributed by atoms with Crippen LogP contribution in [0.3, 0.4) is 0 Å². The van der Waals surface area contributed by atoms with Crippen molar-refractivity contribution in [1.29, 1.82) is 0 Å². The second-order valence-corrected chi connectivity index (χ2v) is 10.7. The van der Waals surface area contributed by atoms with E-state index in [0.717, 1.165) is 49.4 Å². The maximum Gasteiger partial charge on any atom is 0.175 e. The van der Waals surface area contributed by atoms with Crippen LogP contribution in [0.4, 0.5) is 0 Å². The van der Waals surface area contributed by atoms with Gasteiger partial charge in [0.25, 0.3) is 0 Å². The smallest absolute Gasteiger partial charge is 0.175 e.